The first-order valence-electron chi connectivity index (χ1n) is 11.9. The summed E-state index contributed by atoms with van der Waals surface area (Å²) in [7, 11) is 0. The van der Waals surface area contributed by atoms with E-state index in [4.69, 9.17) is 4.74 Å². The summed E-state index contributed by atoms with van der Waals surface area (Å²) in [6.07, 6.45) is -2.55. The van der Waals surface area contributed by atoms with Crippen LogP contribution in [0.5, 0.6) is 0 Å². The van der Waals surface area contributed by atoms with Gasteiger partial charge in [0.05, 0.1) is 23.8 Å². The zero-order chi connectivity index (χ0) is 26.5. The van der Waals surface area contributed by atoms with Crippen molar-refractivity contribution < 1.29 is 32.6 Å². The van der Waals surface area contributed by atoms with E-state index in [-0.39, 0.29) is 36.1 Å². The van der Waals surface area contributed by atoms with Crippen LogP contribution in [-0.4, -0.2) is 41.3 Å². The van der Waals surface area contributed by atoms with E-state index in [0.29, 0.717) is 18.4 Å². The lowest BCUT2D eigenvalue weighted by Gasteiger charge is -2.38. The van der Waals surface area contributed by atoms with Crippen molar-refractivity contribution in [2.24, 2.45) is 0 Å². The molecule has 3 N–H and O–H groups in total. The number of carboxylic acid groups (broad SMARTS) is 1. The topological polar surface area (TPSA) is 87.7 Å². The lowest BCUT2D eigenvalue weighted by Crippen LogP contribution is -2.58. The summed E-state index contributed by atoms with van der Waals surface area (Å²) in [4.78, 5) is 24.5. The summed E-state index contributed by atoms with van der Waals surface area (Å²) in [6, 6.07) is 6.46. The fourth-order valence-corrected chi connectivity index (χ4v) is 5.12. The van der Waals surface area contributed by atoms with Gasteiger partial charge in [-0.3, -0.25) is 4.79 Å². The molecule has 1 heterocycles. The number of halogens is 3. The van der Waals surface area contributed by atoms with Gasteiger partial charge < -0.3 is 20.5 Å². The van der Waals surface area contributed by atoms with Crippen LogP contribution in [0.1, 0.15) is 51.2 Å². The van der Waals surface area contributed by atoms with Crippen LogP contribution < -0.4 is 10.6 Å². The zero-order valence-corrected chi connectivity index (χ0v) is 21.2. The number of carbonyl (C=O) groups is 2. The average Bonchev–Trinajstić information content (AvgIpc) is 3.36. The number of rotatable bonds is 10. The van der Waals surface area contributed by atoms with E-state index >= 15 is 0 Å². The van der Waals surface area contributed by atoms with Gasteiger partial charge in [0.2, 0.25) is 5.91 Å². The molecular weight excluding hydrogens is 493 g/mol. The highest BCUT2D eigenvalue weighted by Gasteiger charge is 2.38. The van der Waals surface area contributed by atoms with Gasteiger partial charge in [-0.1, -0.05) is 32.0 Å². The molecule has 0 saturated carbocycles. The first-order valence-corrected chi connectivity index (χ1v) is 12.7. The number of carbonyl (C=O) groups excluding carboxylic acids is 1. The Balaban J connectivity index is 1.90. The Labute approximate surface area is 212 Å². The Morgan fingerprint density at radius 1 is 1.22 bits per heavy atom. The maximum atomic E-state index is 13.9. The number of thiophene rings is 1. The molecule has 0 aliphatic heterocycles. The van der Waals surface area contributed by atoms with Crippen LogP contribution in [0.15, 0.2) is 47.4 Å². The van der Waals surface area contributed by atoms with Gasteiger partial charge >= 0.3 is 12.1 Å². The van der Waals surface area contributed by atoms with Crippen molar-refractivity contribution in [3.05, 3.63) is 58.5 Å². The Kier molecular flexibility index (Phi) is 9.32. The van der Waals surface area contributed by atoms with Crippen molar-refractivity contribution in [1.29, 1.82) is 0 Å². The first-order chi connectivity index (χ1) is 17.0. The molecule has 3 rings (SSSR count). The molecule has 196 valence electrons. The van der Waals surface area contributed by atoms with Crippen LogP contribution in [0.3, 0.4) is 0 Å². The molecule has 2 aromatic rings. The third-order valence-electron chi connectivity index (χ3n) is 6.27. The predicted octanol–water partition coefficient (Wildman–Crippen LogP) is 5.39. The number of carboxylic acids is 1. The van der Waals surface area contributed by atoms with Gasteiger partial charge in [-0.25, -0.2) is 4.79 Å². The molecule has 1 aromatic heterocycles. The number of benzene rings is 1. The minimum atomic E-state index is -4.57. The number of ether oxygens (including phenoxy) is 1. The minimum absolute atomic E-state index is 0.0255. The van der Waals surface area contributed by atoms with Gasteiger partial charge in [0.15, 0.2) is 0 Å². The van der Waals surface area contributed by atoms with Gasteiger partial charge in [0, 0.05) is 30.0 Å². The van der Waals surface area contributed by atoms with Crippen LogP contribution in [-0.2, 0) is 27.0 Å². The largest absolute Gasteiger partial charge is 0.478 e. The summed E-state index contributed by atoms with van der Waals surface area (Å²) in [6.45, 7) is 5.07. The summed E-state index contributed by atoms with van der Waals surface area (Å²) < 4.78 is 48.0. The number of hydrogen-bond donors (Lipinski definition) is 3. The molecule has 0 spiro atoms. The van der Waals surface area contributed by atoms with Crippen molar-refractivity contribution in [3.8, 4) is 10.4 Å². The first kappa shape index (κ1) is 27.9. The zero-order valence-electron chi connectivity index (χ0n) is 20.4. The van der Waals surface area contributed by atoms with Crippen molar-refractivity contribution >= 4 is 23.2 Å². The molecule has 0 fully saturated rings. The maximum absolute atomic E-state index is 13.9. The van der Waals surface area contributed by atoms with Crippen molar-refractivity contribution in [1.82, 2.24) is 10.6 Å². The SMILES string of the molecule is CCC(CC)O[C@@H]1C=C(C(=O)O)C[C@H](NCc2ccc(-c3cccs3)cc2C(F)(F)F)[C@H]1NC(C)=O. The van der Waals surface area contributed by atoms with E-state index in [2.05, 4.69) is 10.6 Å². The van der Waals surface area contributed by atoms with Crippen LogP contribution in [0, 0.1) is 0 Å². The van der Waals surface area contributed by atoms with Gasteiger partial charge in [-0.05, 0) is 54.0 Å². The normalized spacial score (nSPS) is 20.3. The fourth-order valence-electron chi connectivity index (χ4n) is 4.40. The Bertz CT molecular complexity index is 1080. The molecule has 6 nitrogen and oxygen atoms in total. The number of nitrogens with one attached hydrogen (secondary N) is 2. The highest BCUT2D eigenvalue weighted by atomic mass is 32.1. The maximum Gasteiger partial charge on any atom is 0.416 e. The van der Waals surface area contributed by atoms with E-state index in [9.17, 15) is 27.9 Å². The highest BCUT2D eigenvalue weighted by molar-refractivity contribution is 7.13. The molecule has 3 atom stereocenters. The number of aliphatic carboxylic acids is 1. The van der Waals surface area contributed by atoms with Gasteiger partial charge in [0.25, 0.3) is 0 Å². The molecule has 1 aliphatic carbocycles. The molecular formula is C26H31F3N2O4S. The van der Waals surface area contributed by atoms with Crippen LogP contribution in [0.4, 0.5) is 13.2 Å². The quantitative estimate of drug-likeness (QED) is 0.388. The lowest BCUT2D eigenvalue weighted by atomic mass is 9.87. The Morgan fingerprint density at radius 2 is 1.94 bits per heavy atom. The fraction of sp³-hybridized carbons (Fsp3) is 0.462. The summed E-state index contributed by atoms with van der Waals surface area (Å²) in [5.41, 5.74) is -0.154. The van der Waals surface area contributed by atoms with Crippen molar-refractivity contribution in [3.63, 3.8) is 0 Å². The second kappa shape index (κ2) is 12.0. The van der Waals surface area contributed by atoms with E-state index in [0.717, 1.165) is 10.9 Å². The van der Waals surface area contributed by atoms with Crippen molar-refractivity contribution in [2.45, 2.75) is 77.0 Å². The monoisotopic (exact) mass is 524 g/mol. The molecule has 1 amide bonds. The number of alkyl halides is 3. The van der Waals surface area contributed by atoms with Gasteiger partial charge in [0.1, 0.15) is 0 Å². The smallest absolute Gasteiger partial charge is 0.416 e. The van der Waals surface area contributed by atoms with Crippen LogP contribution >= 0.6 is 11.3 Å². The molecule has 0 radical (unpaired) electrons. The van der Waals surface area contributed by atoms with Crippen molar-refractivity contribution in [2.75, 3.05) is 0 Å². The Morgan fingerprint density at radius 3 is 2.50 bits per heavy atom. The molecule has 0 saturated heterocycles. The molecule has 0 unspecified atom stereocenters. The summed E-state index contributed by atoms with van der Waals surface area (Å²) in [5, 5.41) is 17.4. The molecule has 36 heavy (non-hydrogen) atoms. The summed E-state index contributed by atoms with van der Waals surface area (Å²) in [5.74, 6) is -1.47. The average molecular weight is 525 g/mol. The molecule has 10 heteroatoms. The lowest BCUT2D eigenvalue weighted by molar-refractivity contribution is -0.138. The second-order valence-electron chi connectivity index (χ2n) is 8.80. The molecule has 1 aliphatic rings. The van der Waals surface area contributed by atoms with Crippen LogP contribution in [0.2, 0.25) is 0 Å². The third kappa shape index (κ3) is 6.96. The number of amides is 1. The van der Waals surface area contributed by atoms with E-state index in [1.807, 2.05) is 13.8 Å². The number of hydrogen-bond acceptors (Lipinski definition) is 5. The standard InChI is InChI=1S/C26H31F3N2O4S/c1-4-19(5-2)35-22-13-18(25(33)34)12-21(24(22)31-15(3)32)30-14-17-9-8-16(23-7-6-10-36-23)11-20(17)26(27,28)29/h6-11,13,19,21-22,24,30H,4-5,12,14H2,1-3H3,(H,31,32)(H,33,34)/t21-,22+,24+/m0/s1. The summed E-state index contributed by atoms with van der Waals surface area (Å²) >= 11 is 1.36. The van der Waals surface area contributed by atoms with Crippen LogP contribution in [0.25, 0.3) is 10.4 Å². The van der Waals surface area contributed by atoms with E-state index < -0.39 is 35.9 Å². The van der Waals surface area contributed by atoms with Gasteiger partial charge in [-0.2, -0.15) is 13.2 Å². The predicted molar refractivity (Wildman–Crippen MR) is 133 cm³/mol. The highest BCUT2D eigenvalue weighted by Crippen LogP contribution is 2.36. The minimum Gasteiger partial charge on any atom is -0.478 e. The third-order valence-corrected chi connectivity index (χ3v) is 7.19. The Hall–Kier alpha value is -2.69. The van der Waals surface area contributed by atoms with Gasteiger partial charge in [-0.15, -0.1) is 11.3 Å². The molecule has 0 bridgehead atoms. The molecule has 1 aromatic carbocycles. The van der Waals surface area contributed by atoms with E-state index in [1.54, 1.807) is 23.6 Å². The van der Waals surface area contributed by atoms with E-state index in [1.165, 1.54) is 30.4 Å². The second-order valence-corrected chi connectivity index (χ2v) is 9.75.